The van der Waals surface area contributed by atoms with E-state index in [0.717, 1.165) is 18.4 Å². The minimum Gasteiger partial charge on any atom is -0.494 e. The van der Waals surface area contributed by atoms with Crippen LogP contribution in [0.1, 0.15) is 31.2 Å². The van der Waals surface area contributed by atoms with E-state index in [4.69, 9.17) is 10.5 Å². The Morgan fingerprint density at radius 1 is 1.47 bits per heavy atom. The molecule has 0 fully saturated rings. The highest BCUT2D eigenvalue weighted by Gasteiger charge is 2.11. The maximum Gasteiger partial charge on any atom is 0.165 e. The molecule has 0 amide bonds. The number of rotatable bonds is 5. The molecule has 0 aromatic heterocycles. The van der Waals surface area contributed by atoms with Crippen LogP contribution in [0.15, 0.2) is 18.2 Å². The van der Waals surface area contributed by atoms with Gasteiger partial charge in [0.2, 0.25) is 0 Å². The maximum atomic E-state index is 13.4. The minimum absolute atomic E-state index is 0.246. The molecule has 84 valence electrons. The standard InChI is InChI=1S/C12H18FNO/c1-3-4-10(8-14)9-5-6-12(15-2)11(13)7-9/h5-7,10H,3-4,8,14H2,1-2H3. The van der Waals surface area contributed by atoms with Crippen LogP contribution in [0.25, 0.3) is 0 Å². The Hall–Kier alpha value is -1.09. The van der Waals surface area contributed by atoms with Crippen molar-refractivity contribution in [1.82, 2.24) is 0 Å². The monoisotopic (exact) mass is 211 g/mol. The Morgan fingerprint density at radius 2 is 2.20 bits per heavy atom. The average Bonchev–Trinajstić information content (AvgIpc) is 2.25. The molecule has 3 heteroatoms. The van der Waals surface area contributed by atoms with E-state index in [-0.39, 0.29) is 17.5 Å². The van der Waals surface area contributed by atoms with Gasteiger partial charge in [-0.15, -0.1) is 0 Å². The first-order chi connectivity index (χ1) is 7.22. The van der Waals surface area contributed by atoms with E-state index >= 15 is 0 Å². The molecule has 1 rings (SSSR count). The van der Waals surface area contributed by atoms with Crippen molar-refractivity contribution < 1.29 is 9.13 Å². The Kier molecular flexibility index (Phi) is 4.56. The van der Waals surface area contributed by atoms with Gasteiger partial charge in [-0.3, -0.25) is 0 Å². The quantitative estimate of drug-likeness (QED) is 0.812. The summed E-state index contributed by atoms with van der Waals surface area (Å²) in [7, 11) is 1.46. The summed E-state index contributed by atoms with van der Waals surface area (Å²) in [5, 5.41) is 0. The summed E-state index contributed by atoms with van der Waals surface area (Å²) < 4.78 is 18.3. The van der Waals surface area contributed by atoms with Crippen molar-refractivity contribution in [3.63, 3.8) is 0 Å². The predicted octanol–water partition coefficient (Wildman–Crippen LogP) is 2.68. The van der Waals surface area contributed by atoms with Gasteiger partial charge in [0.15, 0.2) is 11.6 Å². The van der Waals surface area contributed by atoms with Crippen molar-refractivity contribution in [2.45, 2.75) is 25.7 Å². The van der Waals surface area contributed by atoms with E-state index in [9.17, 15) is 4.39 Å². The smallest absolute Gasteiger partial charge is 0.165 e. The van der Waals surface area contributed by atoms with Gasteiger partial charge in [0.1, 0.15) is 0 Å². The van der Waals surface area contributed by atoms with E-state index < -0.39 is 0 Å². The lowest BCUT2D eigenvalue weighted by molar-refractivity contribution is 0.385. The second kappa shape index (κ2) is 5.71. The molecule has 2 nitrogen and oxygen atoms in total. The van der Waals surface area contributed by atoms with Gasteiger partial charge in [-0.2, -0.15) is 0 Å². The third-order valence-electron chi connectivity index (χ3n) is 2.57. The normalized spacial score (nSPS) is 12.5. The molecule has 1 aromatic carbocycles. The molecule has 0 aliphatic rings. The summed E-state index contributed by atoms with van der Waals surface area (Å²) in [4.78, 5) is 0. The molecule has 1 unspecified atom stereocenters. The van der Waals surface area contributed by atoms with E-state index in [1.54, 1.807) is 6.07 Å². The molecule has 0 radical (unpaired) electrons. The number of hydrogen-bond acceptors (Lipinski definition) is 2. The number of halogens is 1. The highest BCUT2D eigenvalue weighted by atomic mass is 19.1. The van der Waals surface area contributed by atoms with E-state index in [2.05, 4.69) is 6.92 Å². The number of benzene rings is 1. The lowest BCUT2D eigenvalue weighted by Gasteiger charge is -2.14. The van der Waals surface area contributed by atoms with Crippen molar-refractivity contribution in [2.24, 2.45) is 5.73 Å². The largest absolute Gasteiger partial charge is 0.494 e. The summed E-state index contributed by atoms with van der Waals surface area (Å²) >= 11 is 0. The van der Waals surface area contributed by atoms with E-state index in [0.29, 0.717) is 6.54 Å². The molecule has 0 aliphatic carbocycles. The van der Waals surface area contributed by atoms with Crippen molar-refractivity contribution >= 4 is 0 Å². The first-order valence-corrected chi connectivity index (χ1v) is 5.26. The van der Waals surface area contributed by atoms with Crippen LogP contribution in [-0.4, -0.2) is 13.7 Å². The fourth-order valence-corrected chi connectivity index (χ4v) is 1.71. The van der Waals surface area contributed by atoms with Gasteiger partial charge in [-0.25, -0.2) is 4.39 Å². The molecule has 0 heterocycles. The van der Waals surface area contributed by atoms with Crippen LogP contribution in [0, 0.1) is 5.82 Å². The SMILES string of the molecule is CCCC(CN)c1ccc(OC)c(F)c1. The third-order valence-corrected chi connectivity index (χ3v) is 2.57. The van der Waals surface area contributed by atoms with Crippen LogP contribution in [-0.2, 0) is 0 Å². The van der Waals surface area contributed by atoms with E-state index in [1.807, 2.05) is 6.07 Å². The second-order valence-electron chi connectivity index (χ2n) is 3.62. The van der Waals surface area contributed by atoms with E-state index in [1.165, 1.54) is 13.2 Å². The van der Waals surface area contributed by atoms with Crippen LogP contribution in [0.3, 0.4) is 0 Å². The molecule has 1 atom stereocenters. The van der Waals surface area contributed by atoms with Crippen LogP contribution >= 0.6 is 0 Å². The van der Waals surface area contributed by atoms with Crippen molar-refractivity contribution in [2.75, 3.05) is 13.7 Å². The van der Waals surface area contributed by atoms with Gasteiger partial charge in [0, 0.05) is 0 Å². The number of nitrogens with two attached hydrogens (primary N) is 1. The first-order valence-electron chi connectivity index (χ1n) is 5.26. The molecule has 0 bridgehead atoms. The highest BCUT2D eigenvalue weighted by molar-refractivity contribution is 5.31. The molecule has 0 saturated carbocycles. The van der Waals surface area contributed by atoms with Crippen LogP contribution in [0.2, 0.25) is 0 Å². The second-order valence-corrected chi connectivity index (χ2v) is 3.62. The van der Waals surface area contributed by atoms with Crippen LogP contribution < -0.4 is 10.5 Å². The lowest BCUT2D eigenvalue weighted by Crippen LogP contribution is -2.12. The molecule has 0 aliphatic heterocycles. The number of methoxy groups -OCH3 is 1. The molecule has 0 saturated heterocycles. The molecule has 0 spiro atoms. The summed E-state index contributed by atoms with van der Waals surface area (Å²) in [6.07, 6.45) is 2.04. The fraction of sp³-hybridized carbons (Fsp3) is 0.500. The van der Waals surface area contributed by atoms with Gasteiger partial charge in [0.05, 0.1) is 7.11 Å². The number of hydrogen-bond donors (Lipinski definition) is 1. The zero-order valence-corrected chi connectivity index (χ0v) is 9.29. The molecular weight excluding hydrogens is 193 g/mol. The lowest BCUT2D eigenvalue weighted by atomic mass is 9.94. The van der Waals surface area contributed by atoms with Crippen LogP contribution in [0.4, 0.5) is 4.39 Å². The predicted molar refractivity (Wildman–Crippen MR) is 59.7 cm³/mol. The summed E-state index contributed by atoms with van der Waals surface area (Å²) in [6, 6.07) is 5.06. The summed E-state index contributed by atoms with van der Waals surface area (Å²) in [6.45, 7) is 2.65. The molecule has 1 aromatic rings. The Balaban J connectivity index is 2.89. The van der Waals surface area contributed by atoms with Gasteiger partial charge in [0.25, 0.3) is 0 Å². The summed E-state index contributed by atoms with van der Waals surface area (Å²) in [5.41, 5.74) is 6.61. The molecule has 15 heavy (non-hydrogen) atoms. The van der Waals surface area contributed by atoms with Gasteiger partial charge in [-0.05, 0) is 36.6 Å². The van der Waals surface area contributed by atoms with Crippen molar-refractivity contribution in [1.29, 1.82) is 0 Å². The zero-order valence-electron chi connectivity index (χ0n) is 9.29. The Bertz CT molecular complexity index is 314. The maximum absolute atomic E-state index is 13.4. The average molecular weight is 211 g/mol. The molecular formula is C12H18FNO. The van der Waals surface area contributed by atoms with Crippen LogP contribution in [0.5, 0.6) is 5.75 Å². The van der Waals surface area contributed by atoms with Crippen molar-refractivity contribution in [3.8, 4) is 5.75 Å². The summed E-state index contributed by atoms with van der Waals surface area (Å²) in [5.74, 6) is 0.214. The minimum atomic E-state index is -0.315. The van der Waals surface area contributed by atoms with Crippen molar-refractivity contribution in [3.05, 3.63) is 29.6 Å². The van der Waals surface area contributed by atoms with Gasteiger partial charge in [-0.1, -0.05) is 19.4 Å². The zero-order chi connectivity index (χ0) is 11.3. The Morgan fingerprint density at radius 3 is 2.67 bits per heavy atom. The van der Waals surface area contributed by atoms with Gasteiger partial charge >= 0.3 is 0 Å². The Labute approximate surface area is 90.2 Å². The number of ether oxygens (including phenoxy) is 1. The van der Waals surface area contributed by atoms with Gasteiger partial charge < -0.3 is 10.5 Å². The first kappa shape index (κ1) is 12.0. The topological polar surface area (TPSA) is 35.2 Å². The fourth-order valence-electron chi connectivity index (χ4n) is 1.71. The molecule has 2 N–H and O–H groups in total. The third kappa shape index (κ3) is 2.93. The highest BCUT2D eigenvalue weighted by Crippen LogP contribution is 2.25.